The summed E-state index contributed by atoms with van der Waals surface area (Å²) in [4.78, 5) is 7.38. The van der Waals surface area contributed by atoms with Gasteiger partial charge >= 0.3 is 0 Å². The Labute approximate surface area is 310 Å². The van der Waals surface area contributed by atoms with Gasteiger partial charge in [-0.3, -0.25) is 0 Å². The highest BCUT2D eigenvalue weighted by atomic mass is 16.4. The van der Waals surface area contributed by atoms with Crippen molar-refractivity contribution in [2.75, 3.05) is 4.90 Å². The smallest absolute Gasteiger partial charge is 0.227 e. The van der Waals surface area contributed by atoms with Crippen LogP contribution in [0.25, 0.3) is 83.1 Å². The predicted octanol–water partition coefficient (Wildman–Crippen LogP) is 13.6. The number of nitrogens with zero attached hydrogens (tertiary/aromatic N) is 3. The lowest BCUT2D eigenvalue weighted by molar-refractivity contribution is 0.619. The van der Waals surface area contributed by atoms with Gasteiger partial charge in [-0.2, -0.15) is 0 Å². The number of para-hydroxylation sites is 4. The number of rotatable bonds is 6. The number of furan rings is 1. The summed E-state index contributed by atoms with van der Waals surface area (Å²) in [7, 11) is 0. The molecule has 0 fully saturated rings. The summed E-state index contributed by atoms with van der Waals surface area (Å²) >= 11 is 0. The number of anilines is 3. The third-order valence-electron chi connectivity index (χ3n) is 10.4. The normalized spacial score (nSPS) is 11.7. The van der Waals surface area contributed by atoms with Gasteiger partial charge in [0.25, 0.3) is 0 Å². The fraction of sp³-hybridized carbons (Fsp3) is 0. The van der Waals surface area contributed by atoms with Gasteiger partial charge in [-0.25, -0.2) is 4.98 Å². The monoisotopic (exact) mass is 693 g/mol. The summed E-state index contributed by atoms with van der Waals surface area (Å²) in [5.41, 5.74) is 13.0. The molecule has 0 N–H and O–H groups in total. The second kappa shape index (κ2) is 12.1. The number of hydrogen-bond acceptors (Lipinski definition) is 4. The van der Waals surface area contributed by atoms with Gasteiger partial charge < -0.3 is 18.3 Å². The summed E-state index contributed by atoms with van der Waals surface area (Å²) in [6, 6.07) is 65.8. The molecule has 0 saturated heterocycles. The van der Waals surface area contributed by atoms with Gasteiger partial charge in [0.15, 0.2) is 5.58 Å². The standard InChI is InChI=1S/C49H31N3O2/c1-3-13-32(14-4-1)37-17-7-10-20-41(37)51(36-27-28-43-40(31-36)38-18-8-11-21-42(38)52(43)34-15-5-2-6-16-34)35-25-23-33(24-26-35)49-50-48-46(54-49)30-29-45-47(48)39-19-9-12-22-44(39)53-45/h1-31H. The minimum atomic E-state index is 0.570. The molecule has 0 saturated carbocycles. The SMILES string of the molecule is c1ccc(-c2ccccc2N(c2ccc(-c3nc4c(ccc5oc6ccccc6c54)o3)cc2)c2ccc3c(c2)c2ccccc2n3-c2ccccc2)cc1. The lowest BCUT2D eigenvalue weighted by Gasteiger charge is -2.28. The molecule has 0 aliphatic heterocycles. The molecule has 0 aliphatic carbocycles. The van der Waals surface area contributed by atoms with E-state index in [1.54, 1.807) is 0 Å². The Morgan fingerprint density at radius 1 is 0.444 bits per heavy atom. The van der Waals surface area contributed by atoms with Gasteiger partial charge in [-0.1, -0.05) is 103 Å². The summed E-state index contributed by atoms with van der Waals surface area (Å²) in [6.07, 6.45) is 0. The van der Waals surface area contributed by atoms with Gasteiger partial charge in [0.05, 0.1) is 22.1 Å². The van der Waals surface area contributed by atoms with Crippen LogP contribution in [0.1, 0.15) is 0 Å². The third kappa shape index (κ3) is 4.76. The van der Waals surface area contributed by atoms with E-state index >= 15 is 0 Å². The molecule has 3 aromatic heterocycles. The molecule has 5 nitrogen and oxygen atoms in total. The average molecular weight is 694 g/mol. The maximum absolute atomic E-state index is 6.39. The van der Waals surface area contributed by atoms with Crippen LogP contribution < -0.4 is 4.90 Å². The van der Waals surface area contributed by atoms with E-state index in [1.165, 1.54) is 16.3 Å². The van der Waals surface area contributed by atoms with E-state index in [1.807, 2.05) is 30.3 Å². The Hall–Kier alpha value is -7.37. The molecule has 0 amide bonds. The van der Waals surface area contributed by atoms with Crippen molar-refractivity contribution in [1.82, 2.24) is 9.55 Å². The molecule has 0 spiro atoms. The largest absolute Gasteiger partial charge is 0.456 e. The Bertz CT molecular complexity index is 3160. The first-order valence-corrected chi connectivity index (χ1v) is 18.1. The van der Waals surface area contributed by atoms with Crippen LogP contribution in [0.4, 0.5) is 17.1 Å². The Balaban J connectivity index is 1.08. The van der Waals surface area contributed by atoms with Gasteiger partial charge in [-0.05, 0) is 90.5 Å². The highest BCUT2D eigenvalue weighted by Crippen LogP contribution is 2.44. The molecule has 0 aliphatic rings. The zero-order valence-electron chi connectivity index (χ0n) is 29.1. The third-order valence-corrected chi connectivity index (χ3v) is 10.4. The maximum atomic E-state index is 6.39. The summed E-state index contributed by atoms with van der Waals surface area (Å²) in [5.74, 6) is 0.570. The number of oxazole rings is 1. The van der Waals surface area contributed by atoms with Crippen molar-refractivity contribution in [3.8, 4) is 28.3 Å². The number of fused-ring (bicyclic) bond motifs is 8. The van der Waals surface area contributed by atoms with Crippen LogP contribution >= 0.6 is 0 Å². The molecule has 0 atom stereocenters. The predicted molar refractivity (Wildman–Crippen MR) is 221 cm³/mol. The average Bonchev–Trinajstić information content (AvgIpc) is 3.94. The fourth-order valence-electron chi connectivity index (χ4n) is 7.99. The number of benzene rings is 8. The minimum Gasteiger partial charge on any atom is -0.456 e. The molecule has 11 aromatic rings. The first-order valence-electron chi connectivity index (χ1n) is 18.1. The number of aromatic nitrogens is 2. The fourth-order valence-corrected chi connectivity index (χ4v) is 7.99. The lowest BCUT2D eigenvalue weighted by Crippen LogP contribution is -2.11. The van der Waals surface area contributed by atoms with Gasteiger partial charge in [-0.15, -0.1) is 0 Å². The van der Waals surface area contributed by atoms with Crippen molar-refractivity contribution in [3.05, 3.63) is 188 Å². The van der Waals surface area contributed by atoms with Crippen LogP contribution in [-0.2, 0) is 0 Å². The highest BCUT2D eigenvalue weighted by Gasteiger charge is 2.21. The summed E-state index contributed by atoms with van der Waals surface area (Å²) in [5, 5.41) is 4.41. The second-order valence-electron chi connectivity index (χ2n) is 13.6. The van der Waals surface area contributed by atoms with Crippen molar-refractivity contribution >= 4 is 71.9 Å². The van der Waals surface area contributed by atoms with E-state index in [9.17, 15) is 0 Å². The molecule has 11 rings (SSSR count). The molecule has 0 radical (unpaired) electrons. The zero-order valence-corrected chi connectivity index (χ0v) is 29.1. The second-order valence-corrected chi connectivity index (χ2v) is 13.6. The van der Waals surface area contributed by atoms with Crippen LogP contribution in [0.15, 0.2) is 197 Å². The lowest BCUT2D eigenvalue weighted by atomic mass is 10.0. The molecule has 0 unspecified atom stereocenters. The number of hydrogen-bond donors (Lipinski definition) is 0. The van der Waals surface area contributed by atoms with E-state index < -0.39 is 0 Å². The van der Waals surface area contributed by atoms with Crippen molar-refractivity contribution in [2.45, 2.75) is 0 Å². The van der Waals surface area contributed by atoms with Crippen molar-refractivity contribution in [1.29, 1.82) is 0 Å². The highest BCUT2D eigenvalue weighted by molar-refractivity contribution is 6.17. The molecule has 5 heteroatoms. The van der Waals surface area contributed by atoms with Crippen molar-refractivity contribution in [2.24, 2.45) is 0 Å². The zero-order chi connectivity index (χ0) is 35.6. The van der Waals surface area contributed by atoms with E-state index in [4.69, 9.17) is 13.8 Å². The van der Waals surface area contributed by atoms with Crippen molar-refractivity contribution < 1.29 is 8.83 Å². The minimum absolute atomic E-state index is 0.570. The molecule has 54 heavy (non-hydrogen) atoms. The molecule has 3 heterocycles. The summed E-state index contributed by atoms with van der Waals surface area (Å²) in [6.45, 7) is 0. The van der Waals surface area contributed by atoms with Gasteiger partial charge in [0, 0.05) is 44.3 Å². The molecular weight excluding hydrogens is 663 g/mol. The first-order chi connectivity index (χ1) is 26.8. The topological polar surface area (TPSA) is 47.3 Å². The van der Waals surface area contributed by atoms with Crippen LogP contribution in [0.3, 0.4) is 0 Å². The van der Waals surface area contributed by atoms with E-state index in [-0.39, 0.29) is 0 Å². The van der Waals surface area contributed by atoms with E-state index in [0.717, 1.165) is 78.0 Å². The van der Waals surface area contributed by atoms with Gasteiger partial charge in [0.1, 0.15) is 16.7 Å². The molecule has 0 bridgehead atoms. The first kappa shape index (κ1) is 30.3. The van der Waals surface area contributed by atoms with Crippen LogP contribution in [0, 0.1) is 0 Å². The Morgan fingerprint density at radius 2 is 1.11 bits per heavy atom. The summed E-state index contributed by atoms with van der Waals surface area (Å²) < 4.78 is 14.9. The van der Waals surface area contributed by atoms with Crippen LogP contribution in [0.2, 0.25) is 0 Å². The molecular formula is C49H31N3O2. The van der Waals surface area contributed by atoms with Crippen LogP contribution in [0.5, 0.6) is 0 Å². The Morgan fingerprint density at radius 3 is 1.96 bits per heavy atom. The van der Waals surface area contributed by atoms with Crippen LogP contribution in [-0.4, -0.2) is 9.55 Å². The van der Waals surface area contributed by atoms with E-state index in [2.05, 4.69) is 167 Å². The van der Waals surface area contributed by atoms with Crippen molar-refractivity contribution in [3.63, 3.8) is 0 Å². The maximum Gasteiger partial charge on any atom is 0.227 e. The van der Waals surface area contributed by atoms with Gasteiger partial charge in [0.2, 0.25) is 5.89 Å². The van der Waals surface area contributed by atoms with E-state index in [0.29, 0.717) is 5.89 Å². The Kier molecular flexibility index (Phi) is 6.79. The quantitative estimate of drug-likeness (QED) is 0.174. The molecule has 8 aromatic carbocycles. The molecule has 254 valence electrons.